The van der Waals surface area contributed by atoms with Gasteiger partial charge >= 0.3 is 6.36 Å². The van der Waals surface area contributed by atoms with Crippen LogP contribution in [-0.2, 0) is 9.59 Å². The number of rotatable bonds is 4. The van der Waals surface area contributed by atoms with E-state index in [-0.39, 0.29) is 36.2 Å². The molecule has 0 radical (unpaired) electrons. The summed E-state index contributed by atoms with van der Waals surface area (Å²) in [5.74, 6) is -1.11. The summed E-state index contributed by atoms with van der Waals surface area (Å²) in [5, 5.41) is 2.77. The predicted molar refractivity (Wildman–Crippen MR) is 99.2 cm³/mol. The quantitative estimate of drug-likeness (QED) is 0.783. The zero-order valence-corrected chi connectivity index (χ0v) is 15.9. The molecule has 1 aromatic carbocycles. The molecule has 0 aromatic heterocycles. The Morgan fingerprint density at radius 2 is 2.00 bits per heavy atom. The Hall–Kier alpha value is -2.00. The van der Waals surface area contributed by atoms with Crippen molar-refractivity contribution in [2.75, 3.05) is 11.4 Å². The van der Waals surface area contributed by atoms with E-state index in [4.69, 9.17) is 5.73 Å². The number of carbonyl (C=O) groups is 2. The van der Waals surface area contributed by atoms with Crippen LogP contribution in [0.1, 0.15) is 32.1 Å². The number of amides is 2. The number of hydrogen-bond acceptors (Lipinski definition) is 4. The van der Waals surface area contributed by atoms with Gasteiger partial charge in [-0.25, -0.2) is 0 Å². The maximum Gasteiger partial charge on any atom is 0.573 e. The number of carbonyl (C=O) groups excluding carboxylic acids is 2. The van der Waals surface area contributed by atoms with Gasteiger partial charge in [0.05, 0.1) is 0 Å². The molecule has 1 saturated heterocycles. The second kappa shape index (κ2) is 9.00. The molecule has 2 amide bonds. The van der Waals surface area contributed by atoms with Gasteiger partial charge in [0.2, 0.25) is 11.8 Å². The molecule has 1 aliphatic heterocycles. The SMILES string of the molecule is Cl.NC1CCCC(C(=O)NC2CCN(c3cccc(OC(F)(F)F)c3)C2=O)C1. The van der Waals surface area contributed by atoms with Gasteiger partial charge in [-0.15, -0.1) is 25.6 Å². The van der Waals surface area contributed by atoms with Crippen LogP contribution in [-0.4, -0.2) is 36.8 Å². The molecule has 3 rings (SSSR count). The van der Waals surface area contributed by atoms with Crippen LogP contribution in [0.4, 0.5) is 18.9 Å². The molecule has 3 atom stereocenters. The largest absolute Gasteiger partial charge is 0.573 e. The average molecular weight is 422 g/mol. The van der Waals surface area contributed by atoms with E-state index in [1.807, 2.05) is 0 Å². The van der Waals surface area contributed by atoms with Crippen LogP contribution in [0.15, 0.2) is 24.3 Å². The van der Waals surface area contributed by atoms with Crippen molar-refractivity contribution in [2.45, 2.75) is 50.6 Å². The van der Waals surface area contributed by atoms with E-state index in [0.29, 0.717) is 25.1 Å². The molecule has 1 aromatic rings. The van der Waals surface area contributed by atoms with Gasteiger partial charge in [0.1, 0.15) is 11.8 Å². The minimum Gasteiger partial charge on any atom is -0.406 e. The fourth-order valence-corrected chi connectivity index (χ4v) is 3.67. The molecule has 1 saturated carbocycles. The lowest BCUT2D eigenvalue weighted by Gasteiger charge is -2.26. The van der Waals surface area contributed by atoms with E-state index in [2.05, 4.69) is 10.1 Å². The van der Waals surface area contributed by atoms with E-state index in [0.717, 1.165) is 25.3 Å². The number of nitrogens with one attached hydrogen (secondary N) is 1. The van der Waals surface area contributed by atoms with Crippen LogP contribution in [0, 0.1) is 5.92 Å². The number of benzene rings is 1. The number of halogens is 4. The highest BCUT2D eigenvalue weighted by atomic mass is 35.5. The third-order valence-corrected chi connectivity index (χ3v) is 4.97. The molecular formula is C18H23ClF3N3O3. The van der Waals surface area contributed by atoms with Crippen molar-refractivity contribution in [2.24, 2.45) is 11.7 Å². The topological polar surface area (TPSA) is 84.7 Å². The van der Waals surface area contributed by atoms with E-state index in [1.165, 1.54) is 23.1 Å². The molecule has 1 aliphatic carbocycles. The normalized spacial score (nSPS) is 25.2. The first-order chi connectivity index (χ1) is 12.7. The van der Waals surface area contributed by atoms with Crippen molar-refractivity contribution in [1.29, 1.82) is 0 Å². The van der Waals surface area contributed by atoms with Gasteiger partial charge in [0, 0.05) is 30.3 Å². The molecule has 0 bridgehead atoms. The number of alkyl halides is 3. The number of hydrogen-bond donors (Lipinski definition) is 2. The Bertz CT molecular complexity index is 717. The van der Waals surface area contributed by atoms with Crippen LogP contribution < -0.4 is 20.7 Å². The highest BCUT2D eigenvalue weighted by Crippen LogP contribution is 2.29. The van der Waals surface area contributed by atoms with Crippen molar-refractivity contribution in [3.8, 4) is 5.75 Å². The third-order valence-electron chi connectivity index (χ3n) is 4.97. The van der Waals surface area contributed by atoms with Crippen LogP contribution in [0.25, 0.3) is 0 Å². The van der Waals surface area contributed by atoms with Gasteiger partial charge in [-0.3, -0.25) is 9.59 Å². The minimum absolute atomic E-state index is 0. The van der Waals surface area contributed by atoms with Crippen LogP contribution in [0.3, 0.4) is 0 Å². The molecule has 2 aliphatic rings. The van der Waals surface area contributed by atoms with E-state index in [1.54, 1.807) is 0 Å². The first kappa shape index (κ1) is 22.3. The van der Waals surface area contributed by atoms with Gasteiger partial charge in [-0.05, 0) is 37.8 Å². The maximum absolute atomic E-state index is 12.6. The second-order valence-corrected chi connectivity index (χ2v) is 7.01. The summed E-state index contributed by atoms with van der Waals surface area (Å²) in [5.41, 5.74) is 6.21. The average Bonchev–Trinajstić information content (AvgIpc) is 2.94. The smallest absolute Gasteiger partial charge is 0.406 e. The molecule has 0 spiro atoms. The Balaban J connectivity index is 0.00000280. The third kappa shape index (κ3) is 5.51. The van der Waals surface area contributed by atoms with Gasteiger partial charge in [-0.2, -0.15) is 0 Å². The molecule has 2 fully saturated rings. The molecular weight excluding hydrogens is 399 g/mol. The standard InChI is InChI=1S/C18H22F3N3O3.ClH/c19-18(20,21)27-14-6-2-5-13(10-14)24-8-7-15(17(24)26)23-16(25)11-3-1-4-12(22)9-11;/h2,5-6,10-12,15H,1,3-4,7-9,22H2,(H,23,25);1H. The zero-order valence-electron chi connectivity index (χ0n) is 15.1. The summed E-state index contributed by atoms with van der Waals surface area (Å²) >= 11 is 0. The van der Waals surface area contributed by atoms with Gasteiger partial charge in [0.15, 0.2) is 0 Å². The lowest BCUT2D eigenvalue weighted by molar-refractivity contribution is -0.274. The number of nitrogens with zero attached hydrogens (tertiary/aromatic N) is 1. The van der Waals surface area contributed by atoms with Crippen molar-refractivity contribution in [3.63, 3.8) is 0 Å². The summed E-state index contributed by atoms with van der Waals surface area (Å²) in [4.78, 5) is 26.4. The van der Waals surface area contributed by atoms with Crippen molar-refractivity contribution in [1.82, 2.24) is 5.32 Å². The van der Waals surface area contributed by atoms with Crippen LogP contribution >= 0.6 is 12.4 Å². The molecule has 1 heterocycles. The first-order valence-electron chi connectivity index (χ1n) is 8.96. The van der Waals surface area contributed by atoms with Crippen LogP contribution in [0.5, 0.6) is 5.75 Å². The Labute approximate surface area is 167 Å². The lowest BCUT2D eigenvalue weighted by atomic mass is 9.85. The van der Waals surface area contributed by atoms with E-state index < -0.39 is 18.2 Å². The Morgan fingerprint density at radius 1 is 1.25 bits per heavy atom. The van der Waals surface area contributed by atoms with Crippen LogP contribution in [0.2, 0.25) is 0 Å². The number of nitrogens with two attached hydrogens (primary N) is 1. The van der Waals surface area contributed by atoms with Gasteiger partial charge in [0.25, 0.3) is 0 Å². The number of ether oxygens (including phenoxy) is 1. The molecule has 6 nitrogen and oxygen atoms in total. The summed E-state index contributed by atoms with van der Waals surface area (Å²) in [6, 6.07) is 4.58. The van der Waals surface area contributed by atoms with E-state index in [9.17, 15) is 22.8 Å². The highest BCUT2D eigenvalue weighted by molar-refractivity contribution is 6.01. The summed E-state index contributed by atoms with van der Waals surface area (Å²) < 4.78 is 41.0. The lowest BCUT2D eigenvalue weighted by Crippen LogP contribution is -2.45. The molecule has 3 unspecified atom stereocenters. The Morgan fingerprint density at radius 3 is 2.68 bits per heavy atom. The van der Waals surface area contributed by atoms with Gasteiger partial charge < -0.3 is 20.7 Å². The molecule has 156 valence electrons. The maximum atomic E-state index is 12.6. The van der Waals surface area contributed by atoms with Gasteiger partial charge in [-0.1, -0.05) is 12.5 Å². The van der Waals surface area contributed by atoms with Crippen molar-refractivity contribution < 1.29 is 27.5 Å². The molecule has 28 heavy (non-hydrogen) atoms. The van der Waals surface area contributed by atoms with Crippen molar-refractivity contribution >= 4 is 29.9 Å². The second-order valence-electron chi connectivity index (χ2n) is 7.01. The summed E-state index contributed by atoms with van der Waals surface area (Å²) in [6.45, 7) is 0.309. The Kier molecular flexibility index (Phi) is 7.16. The zero-order chi connectivity index (χ0) is 19.6. The monoisotopic (exact) mass is 421 g/mol. The summed E-state index contributed by atoms with van der Waals surface area (Å²) in [7, 11) is 0. The number of anilines is 1. The predicted octanol–water partition coefficient (Wildman–Crippen LogP) is 2.75. The first-order valence-corrected chi connectivity index (χ1v) is 8.96. The molecule has 3 N–H and O–H groups in total. The summed E-state index contributed by atoms with van der Waals surface area (Å²) in [6.07, 6.45) is -1.26. The minimum atomic E-state index is -4.80. The van der Waals surface area contributed by atoms with Crippen molar-refractivity contribution in [3.05, 3.63) is 24.3 Å². The van der Waals surface area contributed by atoms with E-state index >= 15 is 0 Å². The fourth-order valence-electron chi connectivity index (χ4n) is 3.67. The highest BCUT2D eigenvalue weighted by Gasteiger charge is 2.36. The molecule has 10 heteroatoms. The fraction of sp³-hybridized carbons (Fsp3) is 0.556.